The molecule has 1 aromatic rings. The van der Waals surface area contributed by atoms with Crippen molar-refractivity contribution in [1.29, 1.82) is 0 Å². The van der Waals surface area contributed by atoms with Crippen molar-refractivity contribution in [2.75, 3.05) is 47.6 Å². The van der Waals surface area contributed by atoms with Crippen LogP contribution in [0.5, 0.6) is 17.2 Å². The minimum Gasteiger partial charge on any atom is -0.493 e. The molecule has 0 saturated carbocycles. The minimum atomic E-state index is -0.0821. The highest BCUT2D eigenvalue weighted by Gasteiger charge is 2.22. The fourth-order valence-corrected chi connectivity index (χ4v) is 2.16. The summed E-state index contributed by atoms with van der Waals surface area (Å²) >= 11 is 0. The lowest BCUT2D eigenvalue weighted by Gasteiger charge is -2.23. The van der Waals surface area contributed by atoms with Crippen LogP contribution in [0, 0.1) is 0 Å². The van der Waals surface area contributed by atoms with E-state index in [1.54, 1.807) is 38.3 Å². The predicted octanol–water partition coefficient (Wildman–Crippen LogP) is 1.57. The molecule has 0 radical (unpaired) electrons. The maximum atomic E-state index is 12.4. The Morgan fingerprint density at radius 1 is 1.29 bits per heavy atom. The summed E-state index contributed by atoms with van der Waals surface area (Å²) in [5.41, 5.74) is 0.524. The number of rotatable bonds is 6. The van der Waals surface area contributed by atoms with Crippen molar-refractivity contribution in [3.63, 3.8) is 0 Å². The quantitative estimate of drug-likeness (QED) is 0.746. The van der Waals surface area contributed by atoms with Crippen molar-refractivity contribution in [1.82, 2.24) is 4.90 Å². The van der Waals surface area contributed by atoms with Crippen LogP contribution >= 0.6 is 0 Å². The van der Waals surface area contributed by atoms with E-state index in [1.807, 2.05) is 0 Å². The van der Waals surface area contributed by atoms with Crippen molar-refractivity contribution < 1.29 is 23.7 Å². The van der Waals surface area contributed by atoms with Crippen LogP contribution in [-0.2, 0) is 4.74 Å². The summed E-state index contributed by atoms with van der Waals surface area (Å²) in [5, 5.41) is 0. The average Bonchev–Trinajstić information content (AvgIpc) is 2.53. The van der Waals surface area contributed by atoms with Gasteiger partial charge in [-0.2, -0.15) is 0 Å². The molecule has 2 rings (SSSR count). The first kappa shape index (κ1) is 15.4. The van der Waals surface area contributed by atoms with Crippen LogP contribution in [0.25, 0.3) is 0 Å². The number of methoxy groups -OCH3 is 2. The fraction of sp³-hybridized carbons (Fsp3) is 0.533. The maximum Gasteiger partial charge on any atom is 0.253 e. The highest BCUT2D eigenvalue weighted by Crippen LogP contribution is 2.40. The third-order valence-electron chi connectivity index (χ3n) is 3.26. The number of nitrogens with zero attached hydrogens (tertiary/aromatic N) is 1. The number of amides is 1. The van der Waals surface area contributed by atoms with Gasteiger partial charge in [-0.15, -0.1) is 0 Å². The number of ether oxygens (including phenoxy) is 4. The zero-order valence-electron chi connectivity index (χ0n) is 12.7. The van der Waals surface area contributed by atoms with Crippen molar-refractivity contribution in [2.24, 2.45) is 0 Å². The van der Waals surface area contributed by atoms with Crippen LogP contribution in [0.3, 0.4) is 0 Å². The standard InChI is InChI=1S/C15H21NO5/c1-16(5-4-6-18-2)15(17)11-9-12(19-3)14-13(10-11)20-7-8-21-14/h9-10H,4-8H2,1-3H3. The summed E-state index contributed by atoms with van der Waals surface area (Å²) in [6.45, 7) is 2.20. The number of fused-ring (bicyclic) bond motifs is 1. The first-order chi connectivity index (χ1) is 10.2. The van der Waals surface area contributed by atoms with Gasteiger partial charge in [-0.3, -0.25) is 4.79 Å². The van der Waals surface area contributed by atoms with Gasteiger partial charge in [0.1, 0.15) is 13.2 Å². The Bertz CT molecular complexity index is 486. The van der Waals surface area contributed by atoms with Crippen molar-refractivity contribution in [3.05, 3.63) is 17.7 Å². The molecular weight excluding hydrogens is 274 g/mol. The summed E-state index contributed by atoms with van der Waals surface area (Å²) in [7, 11) is 4.96. The average molecular weight is 295 g/mol. The summed E-state index contributed by atoms with van der Waals surface area (Å²) in [5.74, 6) is 1.54. The molecule has 0 aromatic heterocycles. The van der Waals surface area contributed by atoms with Crippen LogP contribution in [0.4, 0.5) is 0 Å². The molecular formula is C15H21NO5. The minimum absolute atomic E-state index is 0.0821. The van der Waals surface area contributed by atoms with E-state index in [4.69, 9.17) is 18.9 Å². The SMILES string of the molecule is COCCCN(C)C(=O)c1cc(OC)c2c(c1)OCCO2. The van der Waals surface area contributed by atoms with Crippen LogP contribution in [0.15, 0.2) is 12.1 Å². The molecule has 1 aromatic carbocycles. The molecule has 0 unspecified atom stereocenters. The molecule has 116 valence electrons. The van der Waals surface area contributed by atoms with E-state index in [2.05, 4.69) is 0 Å². The van der Waals surface area contributed by atoms with Crippen molar-refractivity contribution in [2.45, 2.75) is 6.42 Å². The van der Waals surface area contributed by atoms with E-state index in [0.717, 1.165) is 6.42 Å². The summed E-state index contributed by atoms with van der Waals surface area (Å²) < 4.78 is 21.3. The Morgan fingerprint density at radius 3 is 2.76 bits per heavy atom. The second-order valence-electron chi connectivity index (χ2n) is 4.78. The summed E-state index contributed by atoms with van der Waals surface area (Å²) in [4.78, 5) is 14.1. The Kier molecular flexibility index (Phi) is 5.27. The lowest BCUT2D eigenvalue weighted by Crippen LogP contribution is -2.28. The van der Waals surface area contributed by atoms with E-state index in [1.165, 1.54) is 0 Å². The fourth-order valence-electron chi connectivity index (χ4n) is 2.16. The lowest BCUT2D eigenvalue weighted by molar-refractivity contribution is 0.0777. The normalized spacial score (nSPS) is 12.9. The zero-order valence-corrected chi connectivity index (χ0v) is 12.7. The lowest BCUT2D eigenvalue weighted by atomic mass is 10.1. The van der Waals surface area contributed by atoms with E-state index in [0.29, 0.717) is 49.2 Å². The smallest absolute Gasteiger partial charge is 0.253 e. The number of carbonyl (C=O) groups excluding carboxylic acids is 1. The largest absolute Gasteiger partial charge is 0.493 e. The second-order valence-corrected chi connectivity index (χ2v) is 4.78. The third-order valence-corrected chi connectivity index (χ3v) is 3.26. The summed E-state index contributed by atoms with van der Waals surface area (Å²) in [6.07, 6.45) is 0.792. The molecule has 1 amide bonds. The number of hydrogen-bond acceptors (Lipinski definition) is 5. The van der Waals surface area contributed by atoms with Gasteiger partial charge in [0.25, 0.3) is 5.91 Å². The molecule has 1 aliphatic heterocycles. The van der Waals surface area contributed by atoms with Gasteiger partial charge >= 0.3 is 0 Å². The van der Waals surface area contributed by atoms with Gasteiger partial charge in [0.05, 0.1) is 7.11 Å². The maximum absolute atomic E-state index is 12.4. The molecule has 0 fully saturated rings. The second kappa shape index (κ2) is 7.17. The van der Waals surface area contributed by atoms with E-state index >= 15 is 0 Å². The highest BCUT2D eigenvalue weighted by atomic mass is 16.6. The number of benzene rings is 1. The third kappa shape index (κ3) is 3.58. The molecule has 6 heteroatoms. The van der Waals surface area contributed by atoms with Crippen LogP contribution < -0.4 is 14.2 Å². The molecule has 1 heterocycles. The molecule has 6 nitrogen and oxygen atoms in total. The molecule has 0 spiro atoms. The zero-order chi connectivity index (χ0) is 15.2. The molecule has 0 aliphatic carbocycles. The first-order valence-corrected chi connectivity index (χ1v) is 6.89. The molecule has 0 saturated heterocycles. The Morgan fingerprint density at radius 2 is 2.05 bits per heavy atom. The van der Waals surface area contributed by atoms with Crippen LogP contribution in [0.1, 0.15) is 16.8 Å². The van der Waals surface area contributed by atoms with Gasteiger partial charge in [-0.25, -0.2) is 0 Å². The van der Waals surface area contributed by atoms with Gasteiger partial charge in [-0.05, 0) is 18.6 Å². The van der Waals surface area contributed by atoms with Gasteiger partial charge in [-0.1, -0.05) is 0 Å². The van der Waals surface area contributed by atoms with Gasteiger partial charge in [0, 0.05) is 32.9 Å². The molecule has 0 atom stereocenters. The van der Waals surface area contributed by atoms with Gasteiger partial charge in [0.2, 0.25) is 5.75 Å². The molecule has 21 heavy (non-hydrogen) atoms. The molecule has 0 N–H and O–H groups in total. The highest BCUT2D eigenvalue weighted by molar-refractivity contribution is 5.95. The topological polar surface area (TPSA) is 57.2 Å². The Balaban J connectivity index is 2.17. The number of hydrogen-bond donors (Lipinski definition) is 0. The van der Waals surface area contributed by atoms with Gasteiger partial charge in [0.15, 0.2) is 11.5 Å². The predicted molar refractivity (Wildman–Crippen MR) is 77.4 cm³/mol. The first-order valence-electron chi connectivity index (χ1n) is 6.89. The summed E-state index contributed by atoms with van der Waals surface area (Å²) in [6, 6.07) is 3.38. The van der Waals surface area contributed by atoms with Crippen LogP contribution in [-0.4, -0.2) is 58.4 Å². The van der Waals surface area contributed by atoms with Crippen LogP contribution in [0.2, 0.25) is 0 Å². The molecule has 1 aliphatic rings. The van der Waals surface area contributed by atoms with E-state index in [-0.39, 0.29) is 5.91 Å². The Hall–Kier alpha value is -1.95. The van der Waals surface area contributed by atoms with Gasteiger partial charge < -0.3 is 23.8 Å². The Labute approximate surface area is 124 Å². The van der Waals surface area contributed by atoms with Crippen molar-refractivity contribution in [3.8, 4) is 17.2 Å². The van der Waals surface area contributed by atoms with Crippen molar-refractivity contribution >= 4 is 5.91 Å². The monoisotopic (exact) mass is 295 g/mol. The molecule has 0 bridgehead atoms. The van der Waals surface area contributed by atoms with E-state index in [9.17, 15) is 4.79 Å². The number of carbonyl (C=O) groups is 1. The van der Waals surface area contributed by atoms with E-state index < -0.39 is 0 Å².